The first-order valence-electron chi connectivity index (χ1n) is 6.85. The molecule has 0 bridgehead atoms. The molecule has 0 aliphatic rings. The third-order valence-electron chi connectivity index (χ3n) is 3.22. The maximum atomic E-state index is 4.69. The molecule has 0 aromatic carbocycles. The summed E-state index contributed by atoms with van der Waals surface area (Å²) in [5.74, 6) is 0. The lowest BCUT2D eigenvalue weighted by Crippen LogP contribution is -2.29. The Bertz CT molecular complexity index is 390. The van der Waals surface area contributed by atoms with Crippen molar-refractivity contribution in [3.8, 4) is 0 Å². The van der Waals surface area contributed by atoms with Gasteiger partial charge in [0.05, 0.1) is 0 Å². The molecule has 1 aromatic heterocycles. The van der Waals surface area contributed by atoms with E-state index in [4.69, 9.17) is 4.98 Å². The first-order valence-corrected chi connectivity index (χ1v) is 6.85. The molecule has 0 amide bonds. The largest absolute Gasteiger partial charge is 0.260 e. The quantitative estimate of drug-likeness (QED) is 0.630. The highest BCUT2D eigenvalue weighted by atomic mass is 14.7. The number of hydrogen-bond donors (Lipinski definition) is 0. The second kappa shape index (κ2) is 4.36. The van der Waals surface area contributed by atoms with Gasteiger partial charge in [-0.3, -0.25) is 4.98 Å². The van der Waals surface area contributed by atoms with Gasteiger partial charge in [-0.1, -0.05) is 62.3 Å². The Hall–Kier alpha value is -0.850. The summed E-state index contributed by atoms with van der Waals surface area (Å²) in [7, 11) is 0. The monoisotopic (exact) mass is 247 g/mol. The zero-order valence-electron chi connectivity index (χ0n) is 13.6. The lowest BCUT2D eigenvalue weighted by atomic mass is 9.71. The van der Waals surface area contributed by atoms with Gasteiger partial charge in [0.2, 0.25) is 0 Å². The summed E-state index contributed by atoms with van der Waals surface area (Å²) < 4.78 is 0. The van der Waals surface area contributed by atoms with Gasteiger partial charge < -0.3 is 0 Å². The molecule has 0 spiro atoms. The molecule has 0 fully saturated rings. The Morgan fingerprint density at radius 1 is 0.722 bits per heavy atom. The minimum Gasteiger partial charge on any atom is -0.260 e. The van der Waals surface area contributed by atoms with Crippen LogP contribution in [-0.4, -0.2) is 4.98 Å². The maximum Gasteiger partial charge on any atom is 0.0497 e. The fourth-order valence-electron chi connectivity index (χ4n) is 2.41. The maximum absolute atomic E-state index is 4.69. The zero-order chi connectivity index (χ0) is 14.4. The van der Waals surface area contributed by atoms with E-state index in [0.29, 0.717) is 0 Å². The molecule has 0 N–H and O–H groups in total. The summed E-state index contributed by atoms with van der Waals surface area (Å²) in [6.45, 7) is 20.4. The van der Waals surface area contributed by atoms with Gasteiger partial charge in [0.25, 0.3) is 0 Å². The number of hydrogen-bond acceptors (Lipinski definition) is 1. The topological polar surface area (TPSA) is 12.9 Å². The van der Waals surface area contributed by atoms with Crippen molar-refractivity contribution in [1.29, 1.82) is 0 Å². The van der Waals surface area contributed by atoms with Crippen LogP contribution in [0.4, 0.5) is 0 Å². The molecule has 1 aromatic rings. The fourth-order valence-corrected chi connectivity index (χ4v) is 2.41. The van der Waals surface area contributed by atoms with E-state index in [1.165, 1.54) is 16.8 Å². The third-order valence-corrected chi connectivity index (χ3v) is 3.22. The number of rotatable bonds is 0. The third kappa shape index (κ3) is 3.13. The lowest BCUT2D eigenvalue weighted by Gasteiger charge is -2.35. The molecule has 1 nitrogen and oxygen atoms in total. The van der Waals surface area contributed by atoms with E-state index in [-0.39, 0.29) is 16.2 Å². The molecule has 0 radical (unpaired) electrons. The molecule has 18 heavy (non-hydrogen) atoms. The molecule has 1 heteroatoms. The molecule has 0 atom stereocenters. The highest BCUT2D eigenvalue weighted by Gasteiger charge is 2.32. The van der Waals surface area contributed by atoms with E-state index in [1.54, 1.807) is 0 Å². The zero-order valence-corrected chi connectivity index (χ0v) is 13.6. The van der Waals surface area contributed by atoms with Crippen molar-refractivity contribution in [3.63, 3.8) is 0 Å². The Morgan fingerprint density at radius 3 is 1.56 bits per heavy atom. The van der Waals surface area contributed by atoms with E-state index in [2.05, 4.69) is 68.4 Å². The van der Waals surface area contributed by atoms with Gasteiger partial charge in [0.1, 0.15) is 0 Å². The molecule has 0 unspecified atom stereocenters. The highest BCUT2D eigenvalue weighted by Crippen LogP contribution is 2.39. The molecule has 0 aliphatic heterocycles. The lowest BCUT2D eigenvalue weighted by molar-refractivity contribution is 0.485. The Kier molecular flexibility index (Phi) is 3.69. The predicted molar refractivity (Wildman–Crippen MR) is 80.3 cm³/mol. The predicted octanol–water partition coefficient (Wildman–Crippen LogP) is 4.97. The molecule has 0 saturated heterocycles. The van der Waals surface area contributed by atoms with Crippen molar-refractivity contribution >= 4 is 0 Å². The van der Waals surface area contributed by atoms with Crippen LogP contribution in [-0.2, 0) is 16.2 Å². The van der Waals surface area contributed by atoms with Gasteiger partial charge >= 0.3 is 0 Å². The number of aromatic nitrogens is 1. The van der Waals surface area contributed by atoms with Crippen LogP contribution in [0.2, 0.25) is 0 Å². The van der Waals surface area contributed by atoms with Crippen molar-refractivity contribution in [2.24, 2.45) is 0 Å². The van der Waals surface area contributed by atoms with Crippen LogP contribution in [0.5, 0.6) is 0 Å². The van der Waals surface area contributed by atoms with E-state index in [1.807, 2.05) is 6.20 Å². The smallest absolute Gasteiger partial charge is 0.0497 e. The van der Waals surface area contributed by atoms with Crippen LogP contribution in [0.15, 0.2) is 12.3 Å². The van der Waals surface area contributed by atoms with E-state index in [0.717, 1.165) is 0 Å². The van der Waals surface area contributed by atoms with E-state index >= 15 is 0 Å². The Morgan fingerprint density at radius 2 is 1.22 bits per heavy atom. The molecule has 0 aliphatic carbocycles. The first kappa shape index (κ1) is 15.2. The van der Waals surface area contributed by atoms with Crippen LogP contribution in [0.3, 0.4) is 0 Å². The van der Waals surface area contributed by atoms with Crippen molar-refractivity contribution in [3.05, 3.63) is 29.1 Å². The van der Waals surface area contributed by atoms with Gasteiger partial charge in [-0.15, -0.1) is 0 Å². The highest BCUT2D eigenvalue weighted by molar-refractivity contribution is 5.42. The normalized spacial score (nSPS) is 13.8. The number of pyridine rings is 1. The van der Waals surface area contributed by atoms with Crippen LogP contribution in [0.1, 0.15) is 79.1 Å². The van der Waals surface area contributed by atoms with Gasteiger partial charge in [-0.2, -0.15) is 0 Å². The summed E-state index contributed by atoms with van der Waals surface area (Å²) >= 11 is 0. The average Bonchev–Trinajstić information content (AvgIpc) is 2.12. The Labute approximate surface area is 113 Å². The van der Waals surface area contributed by atoms with E-state index in [9.17, 15) is 0 Å². The fraction of sp³-hybridized carbons (Fsp3) is 0.706. The molecule has 102 valence electrons. The summed E-state index contributed by atoms with van der Waals surface area (Å²) in [6.07, 6.45) is 1.97. The average molecular weight is 247 g/mol. The van der Waals surface area contributed by atoms with Crippen molar-refractivity contribution in [1.82, 2.24) is 4.98 Å². The summed E-state index contributed by atoms with van der Waals surface area (Å²) in [5, 5.41) is 0. The van der Waals surface area contributed by atoms with Gasteiger partial charge in [-0.25, -0.2) is 0 Å². The minimum atomic E-state index is 0.0872. The minimum absolute atomic E-state index is 0.0872. The van der Waals surface area contributed by atoms with Crippen LogP contribution in [0, 0.1) is 0 Å². The molecule has 1 rings (SSSR count). The van der Waals surface area contributed by atoms with Crippen LogP contribution >= 0.6 is 0 Å². The number of nitrogens with zero attached hydrogens (tertiary/aromatic N) is 1. The molecular formula is C17H29N. The SMILES string of the molecule is CC(C)(C)c1ccnc(C(C)(C)C)c1C(C)(C)C. The van der Waals surface area contributed by atoms with E-state index < -0.39 is 0 Å². The standard InChI is InChI=1S/C17H29N/c1-15(2,3)12-10-11-18-14(17(7,8)9)13(12)16(4,5)6/h10-11H,1-9H3. The van der Waals surface area contributed by atoms with Crippen molar-refractivity contribution in [2.75, 3.05) is 0 Å². The Balaban J connectivity index is 3.68. The van der Waals surface area contributed by atoms with Gasteiger partial charge in [0.15, 0.2) is 0 Å². The second-order valence-electron chi connectivity index (χ2n) is 8.33. The summed E-state index contributed by atoms with van der Waals surface area (Å²) in [4.78, 5) is 4.69. The van der Waals surface area contributed by atoms with Crippen LogP contribution < -0.4 is 0 Å². The molecule has 0 saturated carbocycles. The van der Waals surface area contributed by atoms with Gasteiger partial charge in [0, 0.05) is 17.3 Å². The van der Waals surface area contributed by atoms with Crippen molar-refractivity contribution in [2.45, 2.75) is 78.6 Å². The summed E-state index contributed by atoms with van der Waals surface area (Å²) in [6, 6.07) is 2.19. The first-order chi connectivity index (χ1) is 7.85. The van der Waals surface area contributed by atoms with Crippen molar-refractivity contribution < 1.29 is 0 Å². The molecular weight excluding hydrogens is 218 g/mol. The van der Waals surface area contributed by atoms with Gasteiger partial charge in [-0.05, 0) is 28.0 Å². The second-order valence-corrected chi connectivity index (χ2v) is 8.33. The molecule has 1 heterocycles. The van der Waals surface area contributed by atoms with Crippen LogP contribution in [0.25, 0.3) is 0 Å². The summed E-state index contributed by atoms with van der Waals surface area (Å²) in [5.41, 5.74) is 4.46.